The number of furan rings is 1. The molecule has 0 unspecified atom stereocenters. The summed E-state index contributed by atoms with van der Waals surface area (Å²) in [5.41, 5.74) is 0. The summed E-state index contributed by atoms with van der Waals surface area (Å²) >= 11 is 0. The Kier molecular flexibility index (Phi) is 5.51. The molecule has 0 aliphatic carbocycles. The van der Waals surface area contributed by atoms with Gasteiger partial charge in [0, 0.05) is 39.8 Å². The van der Waals surface area contributed by atoms with Crippen LogP contribution in [0.3, 0.4) is 0 Å². The summed E-state index contributed by atoms with van der Waals surface area (Å²) in [4.78, 5) is 19.6. The Balaban J connectivity index is 1.81. The van der Waals surface area contributed by atoms with Crippen molar-refractivity contribution in [3.63, 3.8) is 0 Å². The first-order valence-electron chi connectivity index (χ1n) is 7.26. The number of aliphatic imine (C=N–C) groups is 1. The maximum absolute atomic E-state index is 12.2. The standard InChI is InChI=1S/C14H19F3N4O2/c1-18-13(19-5-4-14(15,16)17)21-8-6-20(7-9-21)12(22)11-3-2-10-23-11/h2-3,10H,4-9H2,1H3,(H,18,19). The largest absolute Gasteiger partial charge is 0.459 e. The van der Waals surface area contributed by atoms with Gasteiger partial charge in [-0.25, -0.2) is 0 Å². The number of rotatable bonds is 3. The highest BCUT2D eigenvalue weighted by molar-refractivity contribution is 5.91. The van der Waals surface area contributed by atoms with Crippen molar-refractivity contribution in [3.8, 4) is 0 Å². The molecule has 9 heteroatoms. The number of hydrogen-bond acceptors (Lipinski definition) is 3. The summed E-state index contributed by atoms with van der Waals surface area (Å²) in [5, 5.41) is 2.70. The minimum absolute atomic E-state index is 0.185. The average Bonchev–Trinajstić information content (AvgIpc) is 3.04. The molecule has 23 heavy (non-hydrogen) atoms. The molecule has 0 spiro atoms. The van der Waals surface area contributed by atoms with Crippen LogP contribution < -0.4 is 5.32 Å². The summed E-state index contributed by atoms with van der Waals surface area (Å²) in [5.74, 6) is 0.514. The normalized spacial score (nSPS) is 16.6. The molecule has 1 amide bonds. The van der Waals surface area contributed by atoms with E-state index in [-0.39, 0.29) is 18.2 Å². The summed E-state index contributed by atoms with van der Waals surface area (Å²) in [7, 11) is 1.52. The number of piperazine rings is 1. The molecule has 1 saturated heterocycles. The molecule has 2 rings (SSSR count). The Labute approximate surface area is 131 Å². The Morgan fingerprint density at radius 2 is 1.96 bits per heavy atom. The first kappa shape index (κ1) is 17.2. The molecule has 0 saturated carbocycles. The van der Waals surface area contributed by atoms with E-state index in [0.717, 1.165) is 0 Å². The van der Waals surface area contributed by atoms with Gasteiger partial charge in [-0.2, -0.15) is 13.2 Å². The highest BCUT2D eigenvalue weighted by Crippen LogP contribution is 2.18. The third kappa shape index (κ3) is 4.90. The molecular weight excluding hydrogens is 313 g/mol. The van der Waals surface area contributed by atoms with Crippen LogP contribution in [0, 0.1) is 0 Å². The molecule has 0 aromatic carbocycles. The van der Waals surface area contributed by atoms with Crippen molar-refractivity contribution in [3.05, 3.63) is 24.2 Å². The van der Waals surface area contributed by atoms with Crippen molar-refractivity contribution in [2.75, 3.05) is 39.8 Å². The lowest BCUT2D eigenvalue weighted by molar-refractivity contribution is -0.132. The summed E-state index contributed by atoms with van der Waals surface area (Å²) < 4.78 is 41.6. The third-order valence-corrected chi connectivity index (χ3v) is 3.50. The van der Waals surface area contributed by atoms with Gasteiger partial charge in [0.25, 0.3) is 5.91 Å². The van der Waals surface area contributed by atoms with Crippen molar-refractivity contribution in [2.45, 2.75) is 12.6 Å². The van der Waals surface area contributed by atoms with Gasteiger partial charge in [-0.05, 0) is 12.1 Å². The van der Waals surface area contributed by atoms with E-state index in [1.54, 1.807) is 17.0 Å². The van der Waals surface area contributed by atoms with Crippen LogP contribution in [0.5, 0.6) is 0 Å². The Bertz CT molecular complexity index is 535. The number of hydrogen-bond donors (Lipinski definition) is 1. The lowest BCUT2D eigenvalue weighted by Gasteiger charge is -2.36. The van der Waals surface area contributed by atoms with Gasteiger partial charge in [0.05, 0.1) is 12.7 Å². The minimum Gasteiger partial charge on any atom is -0.459 e. The van der Waals surface area contributed by atoms with Gasteiger partial charge in [0.2, 0.25) is 0 Å². The number of amides is 1. The van der Waals surface area contributed by atoms with Gasteiger partial charge in [0.1, 0.15) is 0 Å². The number of carbonyl (C=O) groups is 1. The summed E-state index contributed by atoms with van der Waals surface area (Å²) in [6.07, 6.45) is -3.67. The fourth-order valence-electron chi connectivity index (χ4n) is 2.33. The van der Waals surface area contributed by atoms with E-state index in [9.17, 15) is 18.0 Å². The van der Waals surface area contributed by atoms with E-state index in [1.165, 1.54) is 13.3 Å². The Morgan fingerprint density at radius 3 is 2.48 bits per heavy atom. The van der Waals surface area contributed by atoms with Crippen LogP contribution in [0.4, 0.5) is 13.2 Å². The van der Waals surface area contributed by atoms with Crippen LogP contribution in [0.2, 0.25) is 0 Å². The molecule has 0 bridgehead atoms. The molecule has 1 aliphatic rings. The van der Waals surface area contributed by atoms with Crippen molar-refractivity contribution in [1.29, 1.82) is 0 Å². The van der Waals surface area contributed by atoms with E-state index in [1.807, 2.05) is 4.90 Å². The smallest absolute Gasteiger partial charge is 0.390 e. The molecule has 0 atom stereocenters. The van der Waals surface area contributed by atoms with Gasteiger partial charge in [0.15, 0.2) is 11.7 Å². The van der Waals surface area contributed by atoms with Crippen molar-refractivity contribution < 1.29 is 22.4 Å². The highest BCUT2D eigenvalue weighted by Gasteiger charge is 2.28. The molecule has 1 N–H and O–H groups in total. The fraction of sp³-hybridized carbons (Fsp3) is 0.571. The number of carbonyl (C=O) groups excluding carboxylic acids is 1. The lowest BCUT2D eigenvalue weighted by Crippen LogP contribution is -2.54. The maximum atomic E-state index is 12.2. The predicted octanol–water partition coefficient (Wildman–Crippen LogP) is 1.57. The Morgan fingerprint density at radius 1 is 1.30 bits per heavy atom. The highest BCUT2D eigenvalue weighted by atomic mass is 19.4. The quantitative estimate of drug-likeness (QED) is 0.674. The SMILES string of the molecule is CN=C(NCCC(F)(F)F)N1CCN(C(=O)c2ccco2)CC1. The number of nitrogens with zero attached hydrogens (tertiary/aromatic N) is 3. The molecular formula is C14H19F3N4O2. The van der Waals surface area contributed by atoms with Gasteiger partial charge in [-0.3, -0.25) is 9.79 Å². The third-order valence-electron chi connectivity index (χ3n) is 3.50. The molecule has 1 fully saturated rings. The molecule has 2 heterocycles. The van der Waals surface area contributed by atoms with Crippen LogP contribution in [0.25, 0.3) is 0 Å². The molecule has 6 nitrogen and oxygen atoms in total. The van der Waals surface area contributed by atoms with Crippen molar-refractivity contribution in [2.24, 2.45) is 4.99 Å². The van der Waals surface area contributed by atoms with Gasteiger partial charge < -0.3 is 19.5 Å². The predicted molar refractivity (Wildman–Crippen MR) is 78.2 cm³/mol. The number of guanidine groups is 1. The zero-order valence-corrected chi connectivity index (χ0v) is 12.8. The van der Waals surface area contributed by atoms with Crippen LogP contribution >= 0.6 is 0 Å². The monoisotopic (exact) mass is 332 g/mol. The zero-order chi connectivity index (χ0) is 16.9. The first-order chi connectivity index (χ1) is 10.9. The minimum atomic E-state index is -4.19. The second-order valence-electron chi connectivity index (χ2n) is 5.10. The molecule has 1 aliphatic heterocycles. The molecule has 0 radical (unpaired) electrons. The van der Waals surface area contributed by atoms with E-state index < -0.39 is 12.6 Å². The second kappa shape index (κ2) is 7.38. The van der Waals surface area contributed by atoms with Crippen LogP contribution in [-0.4, -0.2) is 67.6 Å². The fourth-order valence-corrected chi connectivity index (χ4v) is 2.33. The van der Waals surface area contributed by atoms with Crippen molar-refractivity contribution >= 4 is 11.9 Å². The lowest BCUT2D eigenvalue weighted by atomic mass is 10.3. The van der Waals surface area contributed by atoms with Gasteiger partial charge in [-0.1, -0.05) is 0 Å². The van der Waals surface area contributed by atoms with E-state index >= 15 is 0 Å². The van der Waals surface area contributed by atoms with E-state index in [4.69, 9.17) is 4.42 Å². The van der Waals surface area contributed by atoms with Crippen LogP contribution in [0.15, 0.2) is 27.8 Å². The van der Waals surface area contributed by atoms with Crippen molar-refractivity contribution in [1.82, 2.24) is 15.1 Å². The number of halogens is 3. The topological polar surface area (TPSA) is 61.1 Å². The second-order valence-corrected chi connectivity index (χ2v) is 5.10. The molecule has 1 aromatic rings. The number of alkyl halides is 3. The van der Waals surface area contributed by atoms with E-state index in [0.29, 0.717) is 32.1 Å². The van der Waals surface area contributed by atoms with Crippen LogP contribution in [-0.2, 0) is 0 Å². The summed E-state index contributed by atoms with van der Waals surface area (Å²) in [6.45, 7) is 1.69. The van der Waals surface area contributed by atoms with Crippen LogP contribution in [0.1, 0.15) is 17.0 Å². The zero-order valence-electron chi connectivity index (χ0n) is 12.8. The molecule has 1 aromatic heterocycles. The number of nitrogens with one attached hydrogen (secondary N) is 1. The average molecular weight is 332 g/mol. The first-order valence-corrected chi connectivity index (χ1v) is 7.26. The molecule has 128 valence electrons. The summed E-state index contributed by atoms with van der Waals surface area (Å²) in [6, 6.07) is 3.25. The maximum Gasteiger partial charge on any atom is 0.390 e. The van der Waals surface area contributed by atoms with E-state index in [2.05, 4.69) is 10.3 Å². The Hall–Kier alpha value is -2.19. The van der Waals surface area contributed by atoms with Gasteiger partial charge in [-0.15, -0.1) is 0 Å². The van der Waals surface area contributed by atoms with Gasteiger partial charge >= 0.3 is 6.18 Å².